The first-order chi connectivity index (χ1) is 17.6. The number of ketones is 1. The van der Waals surface area contributed by atoms with Crippen LogP contribution in [0.4, 0.5) is 21.3 Å². The minimum atomic E-state index is -4.18. The first kappa shape index (κ1) is 26.3. The lowest BCUT2D eigenvalue weighted by Crippen LogP contribution is -2.22. The number of anilines is 3. The summed E-state index contributed by atoms with van der Waals surface area (Å²) in [6.07, 6.45) is 5.48. The predicted molar refractivity (Wildman–Crippen MR) is 137 cm³/mol. The molecule has 0 atom stereocenters. The molecule has 1 aliphatic carbocycles. The van der Waals surface area contributed by atoms with Gasteiger partial charge < -0.3 is 20.3 Å². The van der Waals surface area contributed by atoms with Gasteiger partial charge in [-0.3, -0.25) is 14.9 Å². The number of urea groups is 1. The van der Waals surface area contributed by atoms with Gasteiger partial charge in [-0.1, -0.05) is 24.2 Å². The molecule has 0 saturated heterocycles. The number of nitrogens with one attached hydrogen (secondary N) is 3. The van der Waals surface area contributed by atoms with Crippen molar-refractivity contribution < 1.29 is 27.9 Å². The molecule has 2 heterocycles. The molecule has 4 rings (SSSR count). The van der Waals surface area contributed by atoms with Crippen molar-refractivity contribution in [1.82, 2.24) is 15.0 Å². The molecule has 1 aliphatic rings. The van der Waals surface area contributed by atoms with Gasteiger partial charge in [0, 0.05) is 43.7 Å². The van der Waals surface area contributed by atoms with Gasteiger partial charge >= 0.3 is 12.0 Å². The van der Waals surface area contributed by atoms with E-state index in [-0.39, 0.29) is 31.9 Å². The Kier molecular flexibility index (Phi) is 7.59. The molecular formula is C23H26N6O6S2. The van der Waals surface area contributed by atoms with E-state index >= 15 is 0 Å². The molecule has 1 saturated carbocycles. The highest BCUT2D eigenvalue weighted by molar-refractivity contribution is 7.93. The Morgan fingerprint density at radius 3 is 2.54 bits per heavy atom. The third-order valence-corrected chi connectivity index (χ3v) is 9.10. The number of benzene rings is 1. The van der Waals surface area contributed by atoms with E-state index in [1.807, 2.05) is 19.0 Å². The first-order valence-corrected chi connectivity index (χ1v) is 13.8. The van der Waals surface area contributed by atoms with Gasteiger partial charge in [0.25, 0.3) is 9.84 Å². The molecule has 14 heteroatoms. The van der Waals surface area contributed by atoms with Crippen molar-refractivity contribution in [2.45, 2.75) is 41.5 Å². The van der Waals surface area contributed by atoms with Crippen molar-refractivity contribution in [2.75, 3.05) is 29.6 Å². The van der Waals surface area contributed by atoms with Crippen molar-refractivity contribution in [2.24, 2.45) is 5.92 Å². The number of amides is 2. The highest BCUT2D eigenvalue weighted by atomic mass is 32.2. The molecule has 3 aromatic rings. The topological polar surface area (TPSA) is 174 Å². The maximum atomic E-state index is 13.2. The fraction of sp³-hybridized carbons (Fsp3) is 0.348. The number of H-pyrrole nitrogens is 1. The van der Waals surface area contributed by atoms with Crippen LogP contribution in [0.3, 0.4) is 0 Å². The minimum absolute atomic E-state index is 0.0404. The van der Waals surface area contributed by atoms with E-state index in [4.69, 9.17) is 0 Å². The number of hydrogen-bond donors (Lipinski definition) is 4. The van der Waals surface area contributed by atoms with Gasteiger partial charge in [0.2, 0.25) is 5.16 Å². The normalized spacial score (nSPS) is 13.9. The number of rotatable bonds is 9. The molecule has 2 aromatic heterocycles. The number of aromatic nitrogens is 3. The monoisotopic (exact) mass is 546 g/mol. The number of sulfone groups is 1. The smallest absolute Gasteiger partial charge is 0.325 e. The van der Waals surface area contributed by atoms with E-state index in [0.717, 1.165) is 31.4 Å². The van der Waals surface area contributed by atoms with E-state index in [2.05, 4.69) is 25.6 Å². The Labute approximate surface area is 217 Å². The number of carboxylic acid groups (broad SMARTS) is 1. The maximum absolute atomic E-state index is 13.2. The fourth-order valence-corrected chi connectivity index (χ4v) is 6.77. The van der Waals surface area contributed by atoms with E-state index in [9.17, 15) is 27.9 Å². The molecule has 0 aliphatic heterocycles. The van der Waals surface area contributed by atoms with Crippen molar-refractivity contribution in [3.05, 3.63) is 41.9 Å². The van der Waals surface area contributed by atoms with Crippen LogP contribution in [0.15, 0.2) is 40.0 Å². The van der Waals surface area contributed by atoms with Crippen LogP contribution in [0.25, 0.3) is 0 Å². The van der Waals surface area contributed by atoms with E-state index in [1.54, 1.807) is 18.2 Å². The number of aliphatic carboxylic acids is 1. The average molecular weight is 547 g/mol. The summed E-state index contributed by atoms with van der Waals surface area (Å²) in [4.78, 5) is 49.5. The van der Waals surface area contributed by atoms with Crippen molar-refractivity contribution in [3.63, 3.8) is 0 Å². The minimum Gasteiger partial charge on any atom is -0.481 e. The molecule has 196 valence electrons. The lowest BCUT2D eigenvalue weighted by molar-refractivity contribution is -0.136. The number of carbonyl (C=O) groups is 3. The van der Waals surface area contributed by atoms with Gasteiger partial charge in [0.15, 0.2) is 15.1 Å². The Balaban J connectivity index is 1.60. The Hall–Kier alpha value is -3.78. The zero-order valence-electron chi connectivity index (χ0n) is 20.1. The van der Waals surface area contributed by atoms with Gasteiger partial charge in [0.05, 0.1) is 17.8 Å². The number of imidazole rings is 1. The van der Waals surface area contributed by atoms with Gasteiger partial charge in [-0.2, -0.15) is 0 Å². The summed E-state index contributed by atoms with van der Waals surface area (Å²) in [6, 6.07) is 4.39. The molecule has 0 radical (unpaired) electrons. The molecule has 12 nitrogen and oxygen atoms in total. The largest absolute Gasteiger partial charge is 0.481 e. The summed E-state index contributed by atoms with van der Waals surface area (Å²) in [5.74, 6) is -1.43. The number of Topliss-reactive ketones (excluding diaryl/α,β-unsaturated/α-hetero) is 1. The Bertz CT molecular complexity index is 1430. The molecule has 1 aromatic carbocycles. The van der Waals surface area contributed by atoms with Crippen molar-refractivity contribution in [1.29, 1.82) is 0 Å². The van der Waals surface area contributed by atoms with Crippen LogP contribution in [0.2, 0.25) is 0 Å². The molecule has 0 bridgehead atoms. The van der Waals surface area contributed by atoms with Gasteiger partial charge in [0.1, 0.15) is 0 Å². The lowest BCUT2D eigenvalue weighted by Gasteiger charge is -2.18. The van der Waals surface area contributed by atoms with E-state index in [1.165, 1.54) is 12.4 Å². The summed E-state index contributed by atoms with van der Waals surface area (Å²) < 4.78 is 25.5. The third kappa shape index (κ3) is 5.80. The number of thiazole rings is 1. The number of carboxylic acids is 1. The average Bonchev–Trinajstić information content (AvgIpc) is 3.61. The van der Waals surface area contributed by atoms with Crippen LogP contribution in [0.5, 0.6) is 0 Å². The highest BCUT2D eigenvalue weighted by Crippen LogP contribution is 2.34. The summed E-state index contributed by atoms with van der Waals surface area (Å²) in [6.45, 7) is 0. The Morgan fingerprint density at radius 2 is 1.92 bits per heavy atom. The van der Waals surface area contributed by atoms with E-state index < -0.39 is 28.3 Å². The van der Waals surface area contributed by atoms with Crippen LogP contribution in [-0.4, -0.2) is 60.4 Å². The fourth-order valence-electron chi connectivity index (χ4n) is 4.12. The SMILES string of the molecule is CN(C)c1ccc(NC(=O)Nc2nc(CC(=O)O)c(S(=O)(=O)c3ncc[nH]3)s2)c(C(=O)C2CCCC2)c1. The summed E-state index contributed by atoms with van der Waals surface area (Å²) >= 11 is 0.615. The van der Waals surface area contributed by atoms with Crippen LogP contribution >= 0.6 is 11.3 Å². The second-order valence-corrected chi connectivity index (χ2v) is 11.8. The van der Waals surface area contributed by atoms with Crippen LogP contribution < -0.4 is 15.5 Å². The summed E-state index contributed by atoms with van der Waals surface area (Å²) in [7, 11) is -0.478. The zero-order chi connectivity index (χ0) is 26.7. The molecule has 37 heavy (non-hydrogen) atoms. The van der Waals surface area contributed by atoms with E-state index in [0.29, 0.717) is 22.6 Å². The molecule has 0 unspecified atom stereocenters. The number of nitrogens with zero attached hydrogens (tertiary/aromatic N) is 3. The zero-order valence-corrected chi connectivity index (χ0v) is 21.8. The summed E-state index contributed by atoms with van der Waals surface area (Å²) in [5.41, 5.74) is 1.28. The number of carbonyl (C=O) groups excluding carboxylic acids is 2. The predicted octanol–water partition coefficient (Wildman–Crippen LogP) is 3.41. The van der Waals surface area contributed by atoms with Gasteiger partial charge in [-0.05, 0) is 31.0 Å². The first-order valence-electron chi connectivity index (χ1n) is 11.5. The van der Waals surface area contributed by atoms with Gasteiger partial charge in [-0.15, -0.1) is 0 Å². The molecule has 0 spiro atoms. The summed E-state index contributed by atoms with van der Waals surface area (Å²) in [5, 5.41) is 13.9. The van der Waals surface area contributed by atoms with Gasteiger partial charge in [-0.25, -0.2) is 23.2 Å². The molecule has 2 amide bonds. The van der Waals surface area contributed by atoms with Crippen LogP contribution in [-0.2, 0) is 21.1 Å². The molecule has 1 fully saturated rings. The maximum Gasteiger partial charge on any atom is 0.325 e. The van der Waals surface area contributed by atoms with Crippen LogP contribution in [0, 0.1) is 5.92 Å². The number of hydrogen-bond acceptors (Lipinski definition) is 9. The Morgan fingerprint density at radius 1 is 1.19 bits per heavy atom. The lowest BCUT2D eigenvalue weighted by atomic mass is 9.94. The second-order valence-electron chi connectivity index (χ2n) is 8.77. The molecule has 4 N–H and O–H groups in total. The second kappa shape index (κ2) is 10.7. The van der Waals surface area contributed by atoms with Crippen LogP contribution in [0.1, 0.15) is 41.7 Å². The number of aromatic amines is 1. The van der Waals surface area contributed by atoms with Crippen molar-refractivity contribution in [3.8, 4) is 0 Å². The third-order valence-electron chi connectivity index (χ3n) is 5.93. The standard InChI is InChI=1S/C23H26N6O6S2/c1-29(2)14-7-8-16(15(11-14)19(32)13-5-3-4-6-13)26-21(33)28-22-27-17(12-18(30)31)20(36-22)37(34,35)23-24-9-10-25-23/h7-11,13H,3-6,12H2,1-2H3,(H,24,25)(H,30,31)(H2,26,27,28,33). The highest BCUT2D eigenvalue weighted by Gasteiger charge is 2.30. The molecular weight excluding hydrogens is 520 g/mol. The van der Waals surface area contributed by atoms with Crippen molar-refractivity contribution >= 4 is 55.5 Å². The quantitative estimate of drug-likeness (QED) is 0.293.